The van der Waals surface area contributed by atoms with Crippen LogP contribution in [0.25, 0.3) is 0 Å². The van der Waals surface area contributed by atoms with E-state index in [9.17, 15) is 4.79 Å². The molecule has 0 aliphatic carbocycles. The number of ether oxygens (including phenoxy) is 1. The monoisotopic (exact) mass is 324 g/mol. The number of rotatable bonds is 6. The fourth-order valence-electron chi connectivity index (χ4n) is 2.03. The number of nitrogens with zero attached hydrogens (tertiary/aromatic N) is 1. The van der Waals surface area contributed by atoms with Gasteiger partial charge in [0, 0.05) is 24.5 Å². The Morgan fingerprint density at radius 2 is 1.96 bits per heavy atom. The topological polar surface area (TPSA) is 51.2 Å². The van der Waals surface area contributed by atoms with Crippen molar-refractivity contribution in [2.24, 2.45) is 0 Å². The molecule has 0 fully saturated rings. The van der Waals surface area contributed by atoms with Crippen LogP contribution in [0.4, 0.5) is 0 Å². The molecule has 0 aliphatic heterocycles. The summed E-state index contributed by atoms with van der Waals surface area (Å²) in [5.41, 5.74) is 2.06. The van der Waals surface area contributed by atoms with Crippen molar-refractivity contribution in [2.45, 2.75) is 13.2 Å². The molecular formula is C18H16N2O2S. The van der Waals surface area contributed by atoms with Crippen LogP contribution >= 0.6 is 11.3 Å². The first kappa shape index (κ1) is 15.2. The van der Waals surface area contributed by atoms with E-state index in [1.54, 1.807) is 12.4 Å². The van der Waals surface area contributed by atoms with Gasteiger partial charge in [0.1, 0.15) is 12.4 Å². The fraction of sp³-hybridized carbons (Fsp3) is 0.111. The van der Waals surface area contributed by atoms with Gasteiger partial charge in [-0.1, -0.05) is 24.3 Å². The van der Waals surface area contributed by atoms with E-state index >= 15 is 0 Å². The molecule has 0 unspecified atom stereocenters. The van der Waals surface area contributed by atoms with Crippen molar-refractivity contribution in [3.63, 3.8) is 0 Å². The normalized spacial score (nSPS) is 10.3. The lowest BCUT2D eigenvalue weighted by Crippen LogP contribution is -2.21. The van der Waals surface area contributed by atoms with Crippen molar-refractivity contribution >= 4 is 17.2 Å². The molecule has 0 saturated heterocycles. The van der Waals surface area contributed by atoms with Gasteiger partial charge < -0.3 is 10.1 Å². The highest BCUT2D eigenvalue weighted by Gasteiger charge is 2.05. The number of nitrogens with one attached hydrogen (secondary N) is 1. The Morgan fingerprint density at radius 3 is 2.65 bits per heavy atom. The zero-order valence-corrected chi connectivity index (χ0v) is 13.3. The number of carbonyl (C=O) groups is 1. The summed E-state index contributed by atoms with van der Waals surface area (Å²) in [6, 6.07) is 15.3. The highest BCUT2D eigenvalue weighted by Crippen LogP contribution is 2.14. The zero-order chi connectivity index (χ0) is 15.9. The predicted molar refractivity (Wildman–Crippen MR) is 90.5 cm³/mol. The van der Waals surface area contributed by atoms with Gasteiger partial charge in [0.15, 0.2) is 0 Å². The van der Waals surface area contributed by atoms with Gasteiger partial charge in [-0.05, 0) is 35.2 Å². The van der Waals surface area contributed by atoms with Crippen LogP contribution in [0, 0.1) is 0 Å². The van der Waals surface area contributed by atoms with E-state index in [0.717, 1.165) is 21.8 Å². The number of pyridine rings is 1. The van der Waals surface area contributed by atoms with Crippen LogP contribution in [-0.4, -0.2) is 10.9 Å². The second-order valence-corrected chi connectivity index (χ2v) is 5.90. The van der Waals surface area contributed by atoms with Crippen molar-refractivity contribution in [1.29, 1.82) is 0 Å². The highest BCUT2D eigenvalue weighted by atomic mass is 32.1. The van der Waals surface area contributed by atoms with Crippen LogP contribution in [0.1, 0.15) is 20.8 Å². The largest absolute Gasteiger partial charge is 0.489 e. The predicted octanol–water partition coefficient (Wildman–Crippen LogP) is 3.65. The van der Waals surface area contributed by atoms with E-state index in [0.29, 0.717) is 13.2 Å². The van der Waals surface area contributed by atoms with Gasteiger partial charge in [0.25, 0.3) is 5.91 Å². The van der Waals surface area contributed by atoms with Crippen molar-refractivity contribution in [2.75, 3.05) is 0 Å². The maximum absolute atomic E-state index is 11.9. The summed E-state index contributed by atoms with van der Waals surface area (Å²) in [4.78, 5) is 16.7. The fourth-order valence-corrected chi connectivity index (χ4v) is 2.67. The van der Waals surface area contributed by atoms with E-state index in [1.807, 2.05) is 53.9 Å². The van der Waals surface area contributed by atoms with Gasteiger partial charge in [0.2, 0.25) is 0 Å². The van der Waals surface area contributed by atoms with Crippen molar-refractivity contribution < 1.29 is 9.53 Å². The molecule has 1 N–H and O–H groups in total. The van der Waals surface area contributed by atoms with E-state index in [2.05, 4.69) is 10.3 Å². The van der Waals surface area contributed by atoms with Crippen molar-refractivity contribution in [3.8, 4) is 5.75 Å². The number of hydrogen-bond acceptors (Lipinski definition) is 4. The number of hydrogen-bond donors (Lipinski definition) is 1. The van der Waals surface area contributed by atoms with Gasteiger partial charge in [-0.3, -0.25) is 9.78 Å². The van der Waals surface area contributed by atoms with Crippen molar-refractivity contribution in [1.82, 2.24) is 10.3 Å². The molecule has 0 atom stereocenters. The minimum absolute atomic E-state index is 0.0445. The maximum atomic E-state index is 11.9. The third-order valence-electron chi connectivity index (χ3n) is 3.25. The molecule has 4 nitrogen and oxygen atoms in total. The summed E-state index contributed by atoms with van der Waals surface area (Å²) in [5.74, 6) is 0.749. The van der Waals surface area contributed by atoms with Crippen LogP contribution in [0.2, 0.25) is 0 Å². The lowest BCUT2D eigenvalue weighted by Gasteiger charge is -2.08. The zero-order valence-electron chi connectivity index (χ0n) is 12.4. The Hall–Kier alpha value is -2.66. The molecule has 0 saturated carbocycles. The summed E-state index contributed by atoms with van der Waals surface area (Å²) in [6.07, 6.45) is 3.53. The smallest absolute Gasteiger partial charge is 0.261 e. The lowest BCUT2D eigenvalue weighted by atomic mass is 10.2. The third kappa shape index (κ3) is 4.40. The maximum Gasteiger partial charge on any atom is 0.261 e. The van der Waals surface area contributed by atoms with Gasteiger partial charge in [-0.2, -0.15) is 0 Å². The minimum atomic E-state index is -0.0445. The van der Waals surface area contributed by atoms with Gasteiger partial charge in [-0.25, -0.2) is 0 Å². The van der Waals surface area contributed by atoms with Crippen LogP contribution in [-0.2, 0) is 13.2 Å². The molecule has 2 heterocycles. The van der Waals surface area contributed by atoms with E-state index in [1.165, 1.54) is 11.3 Å². The van der Waals surface area contributed by atoms with Crippen LogP contribution in [0.3, 0.4) is 0 Å². The number of carbonyl (C=O) groups excluding carboxylic acids is 1. The molecule has 0 aliphatic rings. The Kier molecular flexibility index (Phi) is 5.01. The first-order chi connectivity index (χ1) is 11.3. The second-order valence-electron chi connectivity index (χ2n) is 4.95. The Labute approximate surface area is 138 Å². The van der Waals surface area contributed by atoms with Crippen LogP contribution in [0.15, 0.2) is 66.3 Å². The quantitative estimate of drug-likeness (QED) is 0.753. The molecule has 116 valence electrons. The molecule has 0 radical (unpaired) electrons. The van der Waals surface area contributed by atoms with E-state index in [4.69, 9.17) is 4.74 Å². The lowest BCUT2D eigenvalue weighted by molar-refractivity contribution is 0.0955. The molecule has 5 heteroatoms. The molecule has 1 aromatic carbocycles. The molecule has 3 rings (SSSR count). The van der Waals surface area contributed by atoms with Gasteiger partial charge >= 0.3 is 0 Å². The second kappa shape index (κ2) is 7.56. The minimum Gasteiger partial charge on any atom is -0.489 e. The van der Waals surface area contributed by atoms with E-state index in [-0.39, 0.29) is 5.91 Å². The first-order valence-corrected chi connectivity index (χ1v) is 8.11. The molecule has 23 heavy (non-hydrogen) atoms. The van der Waals surface area contributed by atoms with Crippen LogP contribution < -0.4 is 10.1 Å². The molecule has 3 aromatic rings. The van der Waals surface area contributed by atoms with E-state index < -0.39 is 0 Å². The van der Waals surface area contributed by atoms with Gasteiger partial charge in [0.05, 0.1) is 4.88 Å². The SMILES string of the molecule is O=C(NCc1ccc(OCc2cccnc2)cc1)c1cccs1. The summed E-state index contributed by atoms with van der Waals surface area (Å²) in [7, 11) is 0. The average Bonchev–Trinajstić information content (AvgIpc) is 3.14. The first-order valence-electron chi connectivity index (χ1n) is 7.23. The number of thiophene rings is 1. The Bertz CT molecular complexity index is 740. The molecule has 1 amide bonds. The Morgan fingerprint density at radius 1 is 1.09 bits per heavy atom. The summed E-state index contributed by atoms with van der Waals surface area (Å²) >= 11 is 1.44. The standard InChI is InChI=1S/C18H16N2O2S/c21-18(17-4-2-10-23-17)20-12-14-5-7-16(8-6-14)22-13-15-3-1-9-19-11-15/h1-11H,12-13H2,(H,20,21). The number of amides is 1. The third-order valence-corrected chi connectivity index (χ3v) is 4.12. The molecule has 0 bridgehead atoms. The Balaban J connectivity index is 1.50. The molecule has 0 spiro atoms. The summed E-state index contributed by atoms with van der Waals surface area (Å²) in [5, 5.41) is 4.79. The van der Waals surface area contributed by atoms with Crippen LogP contribution in [0.5, 0.6) is 5.75 Å². The molecular weight excluding hydrogens is 308 g/mol. The number of aromatic nitrogens is 1. The highest BCUT2D eigenvalue weighted by molar-refractivity contribution is 7.12. The van der Waals surface area contributed by atoms with Gasteiger partial charge in [-0.15, -0.1) is 11.3 Å². The number of benzene rings is 1. The molecule has 2 aromatic heterocycles. The summed E-state index contributed by atoms with van der Waals surface area (Å²) < 4.78 is 5.71. The van der Waals surface area contributed by atoms with Crippen molar-refractivity contribution in [3.05, 3.63) is 82.3 Å². The average molecular weight is 324 g/mol. The summed E-state index contributed by atoms with van der Waals surface area (Å²) in [6.45, 7) is 0.988.